The quantitative estimate of drug-likeness (QED) is 0.824. The molecule has 0 saturated carbocycles. The van der Waals surface area contributed by atoms with Crippen LogP contribution in [0.2, 0.25) is 0 Å². The first-order valence-electron chi connectivity index (χ1n) is 6.51. The number of aromatic nitrogens is 3. The van der Waals surface area contributed by atoms with E-state index in [-0.39, 0.29) is 6.04 Å². The van der Waals surface area contributed by atoms with Gasteiger partial charge in [0.2, 0.25) is 0 Å². The second-order valence-corrected chi connectivity index (χ2v) is 5.30. The summed E-state index contributed by atoms with van der Waals surface area (Å²) in [7, 11) is 0. The highest BCUT2D eigenvalue weighted by molar-refractivity contribution is 7.98. The fraction of sp³-hybridized carbons (Fsp3) is 0.429. The second kappa shape index (κ2) is 6.73. The Labute approximate surface area is 118 Å². The van der Waals surface area contributed by atoms with Gasteiger partial charge >= 0.3 is 0 Å². The van der Waals surface area contributed by atoms with Gasteiger partial charge in [-0.3, -0.25) is 4.68 Å². The van der Waals surface area contributed by atoms with E-state index in [9.17, 15) is 0 Å². The van der Waals surface area contributed by atoms with Gasteiger partial charge in [0.1, 0.15) is 12.2 Å². The van der Waals surface area contributed by atoms with Crippen molar-refractivity contribution in [2.75, 3.05) is 6.26 Å². The monoisotopic (exact) mass is 276 g/mol. The molecule has 5 heteroatoms. The number of nitrogens with zero attached hydrogens (tertiary/aromatic N) is 3. The smallest absolute Gasteiger partial charge is 0.138 e. The standard InChI is InChI=1S/C14H20N4S/c1-3-8-18-14(16-10-17-18)9-12(15)11-6-4-5-7-13(11)19-2/h4-7,10,12H,3,8-9,15H2,1-2H3. The zero-order valence-electron chi connectivity index (χ0n) is 11.4. The zero-order chi connectivity index (χ0) is 13.7. The molecule has 0 saturated heterocycles. The van der Waals surface area contributed by atoms with Crippen molar-refractivity contribution in [2.24, 2.45) is 5.73 Å². The van der Waals surface area contributed by atoms with Gasteiger partial charge in [0.15, 0.2) is 0 Å². The van der Waals surface area contributed by atoms with Gasteiger partial charge in [-0.15, -0.1) is 11.8 Å². The molecule has 2 rings (SSSR count). The van der Waals surface area contributed by atoms with Crippen molar-refractivity contribution in [2.45, 2.75) is 37.2 Å². The molecule has 0 aliphatic rings. The van der Waals surface area contributed by atoms with Gasteiger partial charge in [-0.05, 0) is 24.3 Å². The van der Waals surface area contributed by atoms with E-state index in [4.69, 9.17) is 5.73 Å². The average molecular weight is 276 g/mol. The van der Waals surface area contributed by atoms with Gasteiger partial charge in [0, 0.05) is 23.9 Å². The predicted molar refractivity (Wildman–Crippen MR) is 79.2 cm³/mol. The van der Waals surface area contributed by atoms with Crippen LogP contribution >= 0.6 is 11.8 Å². The largest absolute Gasteiger partial charge is 0.324 e. The van der Waals surface area contributed by atoms with Gasteiger partial charge in [-0.2, -0.15) is 5.10 Å². The first-order chi connectivity index (χ1) is 9.26. The van der Waals surface area contributed by atoms with Crippen molar-refractivity contribution in [1.29, 1.82) is 0 Å². The Morgan fingerprint density at radius 1 is 1.37 bits per heavy atom. The lowest BCUT2D eigenvalue weighted by Crippen LogP contribution is -2.17. The van der Waals surface area contributed by atoms with Crippen LogP contribution in [0.15, 0.2) is 35.5 Å². The Bertz CT molecular complexity index is 524. The van der Waals surface area contributed by atoms with E-state index >= 15 is 0 Å². The fourth-order valence-electron chi connectivity index (χ4n) is 2.12. The zero-order valence-corrected chi connectivity index (χ0v) is 12.2. The third-order valence-electron chi connectivity index (χ3n) is 3.07. The Morgan fingerprint density at radius 3 is 2.89 bits per heavy atom. The van der Waals surface area contributed by atoms with E-state index in [0.29, 0.717) is 0 Å². The molecule has 0 radical (unpaired) electrons. The SMILES string of the molecule is CCCn1ncnc1CC(N)c1ccccc1SC. The van der Waals surface area contributed by atoms with Gasteiger partial charge in [-0.25, -0.2) is 4.98 Å². The molecule has 1 unspecified atom stereocenters. The lowest BCUT2D eigenvalue weighted by atomic mass is 10.0. The molecule has 4 nitrogen and oxygen atoms in total. The van der Waals surface area contributed by atoms with Crippen LogP contribution in [0.5, 0.6) is 0 Å². The van der Waals surface area contributed by atoms with E-state index < -0.39 is 0 Å². The minimum atomic E-state index is -0.0385. The van der Waals surface area contributed by atoms with E-state index in [1.165, 1.54) is 10.5 Å². The number of hydrogen-bond acceptors (Lipinski definition) is 4. The van der Waals surface area contributed by atoms with Gasteiger partial charge in [0.05, 0.1) is 0 Å². The summed E-state index contributed by atoms with van der Waals surface area (Å²) in [5.41, 5.74) is 7.51. The number of rotatable bonds is 6. The van der Waals surface area contributed by atoms with Crippen LogP contribution in [-0.4, -0.2) is 21.0 Å². The molecule has 1 aromatic heterocycles. The maximum Gasteiger partial charge on any atom is 0.138 e. The van der Waals surface area contributed by atoms with E-state index in [2.05, 4.69) is 35.4 Å². The lowest BCUT2D eigenvalue weighted by molar-refractivity contribution is 0.546. The van der Waals surface area contributed by atoms with E-state index in [1.54, 1.807) is 18.1 Å². The third-order valence-corrected chi connectivity index (χ3v) is 3.88. The number of aryl methyl sites for hydroxylation is 1. The third kappa shape index (κ3) is 3.36. The predicted octanol–water partition coefficient (Wildman–Crippen LogP) is 2.65. The van der Waals surface area contributed by atoms with Crippen molar-refractivity contribution in [3.8, 4) is 0 Å². The molecule has 0 spiro atoms. The second-order valence-electron chi connectivity index (χ2n) is 4.45. The highest BCUT2D eigenvalue weighted by Gasteiger charge is 2.14. The maximum atomic E-state index is 6.33. The fourth-order valence-corrected chi connectivity index (χ4v) is 2.79. The Hall–Kier alpha value is -1.33. The van der Waals surface area contributed by atoms with Gasteiger partial charge in [-0.1, -0.05) is 25.1 Å². The van der Waals surface area contributed by atoms with Crippen molar-refractivity contribution in [3.05, 3.63) is 42.0 Å². The Morgan fingerprint density at radius 2 is 2.16 bits per heavy atom. The molecule has 1 atom stereocenters. The number of thioether (sulfide) groups is 1. The van der Waals surface area contributed by atoms with Crippen LogP contribution in [0.3, 0.4) is 0 Å². The van der Waals surface area contributed by atoms with Crippen LogP contribution in [0.1, 0.15) is 30.8 Å². The van der Waals surface area contributed by atoms with Crippen LogP contribution < -0.4 is 5.73 Å². The summed E-state index contributed by atoms with van der Waals surface area (Å²) >= 11 is 1.73. The van der Waals surface area contributed by atoms with Crippen LogP contribution in [0, 0.1) is 0 Å². The number of benzene rings is 1. The summed E-state index contributed by atoms with van der Waals surface area (Å²) < 4.78 is 1.95. The molecule has 0 amide bonds. The topological polar surface area (TPSA) is 56.7 Å². The van der Waals surface area contributed by atoms with E-state index in [0.717, 1.165) is 25.2 Å². The minimum absolute atomic E-state index is 0.0385. The first-order valence-corrected chi connectivity index (χ1v) is 7.74. The highest BCUT2D eigenvalue weighted by Crippen LogP contribution is 2.26. The summed E-state index contributed by atoms with van der Waals surface area (Å²) in [4.78, 5) is 5.55. The molecule has 19 heavy (non-hydrogen) atoms. The number of nitrogens with two attached hydrogens (primary N) is 1. The maximum absolute atomic E-state index is 6.33. The van der Waals surface area contributed by atoms with Crippen LogP contribution in [0.4, 0.5) is 0 Å². The molecule has 0 aliphatic carbocycles. The number of hydrogen-bond donors (Lipinski definition) is 1. The Kier molecular flexibility index (Phi) is 4.99. The van der Waals surface area contributed by atoms with Gasteiger partial charge < -0.3 is 5.73 Å². The van der Waals surface area contributed by atoms with Crippen molar-refractivity contribution in [1.82, 2.24) is 14.8 Å². The first kappa shape index (κ1) is 14.1. The molecule has 1 heterocycles. The lowest BCUT2D eigenvalue weighted by Gasteiger charge is -2.15. The molecule has 2 aromatic rings. The Balaban J connectivity index is 2.16. The highest BCUT2D eigenvalue weighted by atomic mass is 32.2. The normalized spacial score (nSPS) is 12.6. The molecule has 1 aromatic carbocycles. The summed E-state index contributed by atoms with van der Waals surface area (Å²) in [5.74, 6) is 0.963. The van der Waals surface area contributed by atoms with Crippen molar-refractivity contribution in [3.63, 3.8) is 0 Å². The van der Waals surface area contributed by atoms with Crippen LogP contribution in [0.25, 0.3) is 0 Å². The molecular weight excluding hydrogens is 256 g/mol. The summed E-state index contributed by atoms with van der Waals surface area (Å²) in [6.07, 6.45) is 5.45. The minimum Gasteiger partial charge on any atom is -0.324 e. The van der Waals surface area contributed by atoms with Gasteiger partial charge in [0.25, 0.3) is 0 Å². The molecule has 2 N–H and O–H groups in total. The molecule has 102 valence electrons. The van der Waals surface area contributed by atoms with Crippen molar-refractivity contribution < 1.29 is 0 Å². The summed E-state index contributed by atoms with van der Waals surface area (Å²) in [6, 6.07) is 8.24. The molecular formula is C14H20N4S. The van der Waals surface area contributed by atoms with Crippen molar-refractivity contribution >= 4 is 11.8 Å². The molecule has 0 aliphatic heterocycles. The summed E-state index contributed by atoms with van der Waals surface area (Å²) in [6.45, 7) is 3.03. The molecule has 0 bridgehead atoms. The average Bonchev–Trinajstić information content (AvgIpc) is 2.86. The van der Waals surface area contributed by atoms with Crippen LogP contribution in [-0.2, 0) is 13.0 Å². The summed E-state index contributed by atoms with van der Waals surface area (Å²) in [5, 5.41) is 4.24. The van der Waals surface area contributed by atoms with E-state index in [1.807, 2.05) is 16.8 Å². The molecule has 0 fully saturated rings.